The van der Waals surface area contributed by atoms with Gasteiger partial charge >= 0.3 is 0 Å². The molecule has 78 valence electrons. The van der Waals surface area contributed by atoms with Crippen molar-refractivity contribution in [3.8, 4) is 0 Å². The largest absolute Gasteiger partial charge is 0.384 e. The summed E-state index contributed by atoms with van der Waals surface area (Å²) in [5.74, 6) is 0. The lowest BCUT2D eigenvalue weighted by molar-refractivity contribution is 0.448. The Bertz CT molecular complexity index is 124. The van der Waals surface area contributed by atoms with E-state index in [0.717, 1.165) is 0 Å². The van der Waals surface area contributed by atoms with E-state index in [1.54, 1.807) is 0 Å². The maximum Gasteiger partial charge on any atom is 0.0266 e. The van der Waals surface area contributed by atoms with Crippen LogP contribution in [0.25, 0.3) is 0 Å². The van der Waals surface area contributed by atoms with E-state index in [2.05, 4.69) is 36.6 Å². The summed E-state index contributed by atoms with van der Waals surface area (Å²) in [5.41, 5.74) is 0. The van der Waals surface area contributed by atoms with Crippen LogP contribution in [0.5, 0.6) is 0 Å². The quantitative estimate of drug-likeness (QED) is 0.708. The normalized spacial score (nSPS) is 22.3. The van der Waals surface area contributed by atoms with Crippen LogP contribution in [0.4, 0.5) is 0 Å². The third-order valence-corrected chi connectivity index (χ3v) is 1.96. The van der Waals surface area contributed by atoms with Gasteiger partial charge in [0.05, 0.1) is 0 Å². The Morgan fingerprint density at radius 3 is 2.38 bits per heavy atom. The van der Waals surface area contributed by atoms with E-state index >= 15 is 0 Å². The highest BCUT2D eigenvalue weighted by molar-refractivity contribution is 4.93. The molecule has 13 heavy (non-hydrogen) atoms. The molecule has 1 atom stereocenters. The van der Waals surface area contributed by atoms with Crippen LogP contribution < -0.4 is 5.32 Å². The first kappa shape index (κ1) is 12.5. The minimum atomic E-state index is 0.617. The van der Waals surface area contributed by atoms with E-state index in [0.29, 0.717) is 6.04 Å². The summed E-state index contributed by atoms with van der Waals surface area (Å²) in [6.45, 7) is 5.18. The van der Waals surface area contributed by atoms with Crippen LogP contribution in [-0.2, 0) is 0 Å². The van der Waals surface area contributed by atoms with Gasteiger partial charge < -0.3 is 10.2 Å². The molecule has 2 heteroatoms. The molecule has 1 saturated heterocycles. The zero-order valence-electron chi connectivity index (χ0n) is 9.51. The minimum absolute atomic E-state index is 0.617. The molecule has 0 aromatic carbocycles. The summed E-state index contributed by atoms with van der Waals surface area (Å²) in [6.07, 6.45) is 8.38. The maximum atomic E-state index is 3.46. The van der Waals surface area contributed by atoms with Gasteiger partial charge in [-0.1, -0.05) is 26.3 Å². The van der Waals surface area contributed by atoms with E-state index in [1.807, 2.05) is 13.8 Å². The molecular weight excluding hydrogens is 160 g/mol. The lowest BCUT2D eigenvalue weighted by Crippen LogP contribution is -2.32. The highest BCUT2D eigenvalue weighted by Crippen LogP contribution is 2.07. The molecule has 1 aliphatic rings. The Morgan fingerprint density at radius 1 is 1.23 bits per heavy atom. The highest BCUT2D eigenvalue weighted by atomic mass is 15.0. The lowest BCUT2D eigenvalue weighted by atomic mass is 10.1. The monoisotopic (exact) mass is 184 g/mol. The summed E-state index contributed by atoms with van der Waals surface area (Å²) in [4.78, 5) is 2.08. The average molecular weight is 184 g/mol. The second-order valence-electron chi connectivity index (χ2n) is 3.36. The van der Waals surface area contributed by atoms with Crippen LogP contribution in [-0.4, -0.2) is 31.6 Å². The zero-order valence-corrected chi connectivity index (χ0v) is 9.51. The van der Waals surface area contributed by atoms with Crippen molar-refractivity contribution in [2.24, 2.45) is 0 Å². The van der Waals surface area contributed by atoms with Crippen LogP contribution in [0.2, 0.25) is 0 Å². The van der Waals surface area contributed by atoms with Gasteiger partial charge in [0.1, 0.15) is 0 Å². The smallest absolute Gasteiger partial charge is 0.0266 e. The van der Waals surface area contributed by atoms with Gasteiger partial charge in [0.25, 0.3) is 0 Å². The van der Waals surface area contributed by atoms with Gasteiger partial charge in [-0.2, -0.15) is 0 Å². The van der Waals surface area contributed by atoms with Crippen LogP contribution in [0.1, 0.15) is 33.1 Å². The third-order valence-electron chi connectivity index (χ3n) is 1.96. The molecule has 1 aliphatic heterocycles. The average Bonchev–Trinajstić information content (AvgIpc) is 2.19. The Morgan fingerprint density at radius 2 is 1.92 bits per heavy atom. The van der Waals surface area contributed by atoms with Crippen molar-refractivity contribution in [1.82, 2.24) is 10.2 Å². The fraction of sp³-hybridized carbons (Fsp3) is 0.818. The van der Waals surface area contributed by atoms with Crippen molar-refractivity contribution in [2.75, 3.05) is 20.6 Å². The van der Waals surface area contributed by atoms with Gasteiger partial charge in [-0.15, -0.1) is 0 Å². The fourth-order valence-corrected chi connectivity index (χ4v) is 1.32. The molecule has 0 aromatic rings. The summed E-state index contributed by atoms with van der Waals surface area (Å²) < 4.78 is 0. The van der Waals surface area contributed by atoms with Crippen LogP contribution in [0.15, 0.2) is 12.3 Å². The first-order chi connectivity index (χ1) is 6.29. The molecule has 1 heterocycles. The molecule has 1 rings (SSSR count). The highest BCUT2D eigenvalue weighted by Gasteiger charge is 2.07. The van der Waals surface area contributed by atoms with Gasteiger partial charge in [0, 0.05) is 20.1 Å². The third kappa shape index (κ3) is 6.64. The van der Waals surface area contributed by atoms with Crippen molar-refractivity contribution >= 4 is 0 Å². The summed E-state index contributed by atoms with van der Waals surface area (Å²) >= 11 is 0. The molecule has 2 nitrogen and oxygen atoms in total. The predicted molar refractivity (Wildman–Crippen MR) is 59.8 cm³/mol. The minimum Gasteiger partial charge on any atom is -0.384 e. The molecule has 0 bridgehead atoms. The van der Waals surface area contributed by atoms with E-state index < -0.39 is 0 Å². The summed E-state index contributed by atoms with van der Waals surface area (Å²) in [5, 5.41) is 3.46. The molecule has 0 spiro atoms. The van der Waals surface area contributed by atoms with Gasteiger partial charge in [-0.3, -0.25) is 0 Å². The number of rotatable bonds is 2. The van der Waals surface area contributed by atoms with Crippen LogP contribution >= 0.6 is 0 Å². The van der Waals surface area contributed by atoms with E-state index in [4.69, 9.17) is 0 Å². The molecule has 0 amide bonds. The number of nitrogens with one attached hydrogen (secondary N) is 1. The van der Waals surface area contributed by atoms with Crippen LogP contribution in [0, 0.1) is 0 Å². The van der Waals surface area contributed by atoms with Crippen molar-refractivity contribution < 1.29 is 0 Å². The number of piperidine rings is 1. The summed E-state index contributed by atoms with van der Waals surface area (Å²) in [7, 11) is 4.11. The van der Waals surface area contributed by atoms with Crippen molar-refractivity contribution in [2.45, 2.75) is 39.2 Å². The molecular formula is C11H24N2. The zero-order chi connectivity index (χ0) is 10.1. The Balaban J connectivity index is 0.000000671. The van der Waals surface area contributed by atoms with Crippen molar-refractivity contribution in [1.29, 1.82) is 0 Å². The SMILES string of the molecule is CC.CN(C)C=CC1CCCCN1. The number of hydrogen-bond acceptors (Lipinski definition) is 2. The molecule has 0 saturated carbocycles. The Hall–Kier alpha value is -0.500. The Kier molecular flexibility index (Phi) is 7.80. The maximum absolute atomic E-state index is 3.46. The molecule has 1 fully saturated rings. The standard InChI is InChI=1S/C9H18N2.C2H6/c1-11(2)8-6-9-5-3-4-7-10-9;1-2/h6,8-10H,3-5,7H2,1-2H3;1-2H3. The topological polar surface area (TPSA) is 15.3 Å². The van der Waals surface area contributed by atoms with Gasteiger partial charge in [-0.05, 0) is 25.6 Å². The Labute approximate surface area is 83.0 Å². The lowest BCUT2D eigenvalue weighted by Gasteiger charge is -2.20. The van der Waals surface area contributed by atoms with Gasteiger partial charge in [0.2, 0.25) is 0 Å². The molecule has 1 unspecified atom stereocenters. The molecule has 0 aromatic heterocycles. The summed E-state index contributed by atoms with van der Waals surface area (Å²) in [6, 6.07) is 0.617. The van der Waals surface area contributed by atoms with E-state index in [-0.39, 0.29) is 0 Å². The second kappa shape index (κ2) is 8.11. The van der Waals surface area contributed by atoms with Crippen LogP contribution in [0.3, 0.4) is 0 Å². The first-order valence-corrected chi connectivity index (χ1v) is 5.37. The molecule has 1 N–H and O–H groups in total. The van der Waals surface area contributed by atoms with E-state index in [1.165, 1.54) is 25.8 Å². The fourth-order valence-electron chi connectivity index (χ4n) is 1.32. The van der Waals surface area contributed by atoms with E-state index in [9.17, 15) is 0 Å². The van der Waals surface area contributed by atoms with Gasteiger partial charge in [-0.25, -0.2) is 0 Å². The molecule has 0 radical (unpaired) electrons. The van der Waals surface area contributed by atoms with Crippen molar-refractivity contribution in [3.63, 3.8) is 0 Å². The van der Waals surface area contributed by atoms with Gasteiger partial charge in [0.15, 0.2) is 0 Å². The number of hydrogen-bond donors (Lipinski definition) is 1. The first-order valence-electron chi connectivity index (χ1n) is 5.37. The second-order valence-corrected chi connectivity index (χ2v) is 3.36. The van der Waals surface area contributed by atoms with Crippen molar-refractivity contribution in [3.05, 3.63) is 12.3 Å². The molecule has 0 aliphatic carbocycles. The number of nitrogens with zero attached hydrogens (tertiary/aromatic N) is 1. The predicted octanol–water partition coefficient (Wildman–Crippen LogP) is 2.23.